The summed E-state index contributed by atoms with van der Waals surface area (Å²) in [5.41, 5.74) is 0.928. The molecule has 27 nitrogen and oxygen atoms in total. The van der Waals surface area contributed by atoms with Gasteiger partial charge >= 0.3 is 23.9 Å². The van der Waals surface area contributed by atoms with Crippen molar-refractivity contribution in [2.24, 2.45) is 5.92 Å². The van der Waals surface area contributed by atoms with E-state index in [1.807, 2.05) is 11.2 Å². The van der Waals surface area contributed by atoms with E-state index in [0.29, 0.717) is 43.7 Å². The fraction of sp³-hybridized carbons (Fsp3) is 0.686. The van der Waals surface area contributed by atoms with E-state index in [-0.39, 0.29) is 180 Å². The lowest BCUT2D eigenvalue weighted by molar-refractivity contribution is -0.142. The van der Waals surface area contributed by atoms with Gasteiger partial charge in [0.1, 0.15) is 12.3 Å². The van der Waals surface area contributed by atoms with Gasteiger partial charge in [0.25, 0.3) is 5.91 Å². The van der Waals surface area contributed by atoms with Crippen molar-refractivity contribution in [3.8, 4) is 0 Å². The smallest absolute Gasteiger partial charge is 0.326 e. The molecule has 0 radical (unpaired) electrons. The molecule has 9 N–H and O–H groups in total. The van der Waals surface area contributed by atoms with E-state index in [0.717, 1.165) is 0 Å². The first-order valence-corrected chi connectivity index (χ1v) is 27.9. The maximum atomic E-state index is 13.3. The number of benzene rings is 1. The number of Topliss-reactive ketones (excluding diaryl/α,β-unsaturated/α-hetero) is 1. The third-order valence-electron chi connectivity index (χ3n) is 12.8. The second kappa shape index (κ2) is 38.0. The molecule has 2 aliphatic rings. The number of carbonyl (C=O) groups is 10. The number of aliphatic hydroxyl groups excluding tert-OH is 1. The van der Waals surface area contributed by atoms with Crippen LogP contribution in [0.3, 0.4) is 0 Å². The molecule has 0 aromatic heterocycles. The lowest BCUT2D eigenvalue weighted by Crippen LogP contribution is -2.50. The van der Waals surface area contributed by atoms with E-state index >= 15 is 0 Å². The lowest BCUT2D eigenvalue weighted by atomic mass is 10.0. The number of carboxylic acids is 4. The van der Waals surface area contributed by atoms with E-state index in [1.165, 1.54) is 16.7 Å². The number of imide groups is 1. The summed E-state index contributed by atoms with van der Waals surface area (Å²) in [6.07, 6.45) is 1.49. The summed E-state index contributed by atoms with van der Waals surface area (Å²) in [6, 6.07) is 4.47. The van der Waals surface area contributed by atoms with Crippen LogP contribution in [0.5, 0.6) is 0 Å². The first kappa shape index (κ1) is 67.6. The Morgan fingerprint density at radius 2 is 1.24 bits per heavy atom. The monoisotopic (exact) mass is 1140 g/mol. The van der Waals surface area contributed by atoms with Crippen LogP contribution in [0.25, 0.3) is 0 Å². The number of rotatable bonds is 38. The molecule has 3 rings (SSSR count). The molecule has 1 aromatic carbocycles. The summed E-state index contributed by atoms with van der Waals surface area (Å²) >= 11 is 1.48. The van der Waals surface area contributed by atoms with Gasteiger partial charge in [0, 0.05) is 103 Å². The number of aliphatic hydroxyl groups is 1. The third kappa shape index (κ3) is 28.9. The molecule has 2 aliphatic heterocycles. The number of hydrogen-bond acceptors (Lipinski definition) is 20. The van der Waals surface area contributed by atoms with E-state index in [2.05, 4.69) is 21.3 Å². The van der Waals surface area contributed by atoms with Crippen LogP contribution in [0, 0.1) is 5.92 Å². The van der Waals surface area contributed by atoms with Crippen LogP contribution in [0.1, 0.15) is 67.8 Å². The van der Waals surface area contributed by atoms with Crippen molar-refractivity contribution < 1.29 is 87.7 Å². The number of ketones is 1. The minimum atomic E-state index is -1.25. The van der Waals surface area contributed by atoms with Gasteiger partial charge in [-0.15, -0.1) is 0 Å². The molecule has 4 atom stereocenters. The van der Waals surface area contributed by atoms with Gasteiger partial charge in [0.15, 0.2) is 5.78 Å². The maximum absolute atomic E-state index is 13.3. The number of thioether (sulfide) groups is 1. The summed E-state index contributed by atoms with van der Waals surface area (Å²) in [7, 11) is 0. The predicted octanol–water partition coefficient (Wildman–Crippen LogP) is -1.93. The number of nitrogens with zero attached hydrogens (tertiary/aromatic N) is 5. The molecular formula is C51H81N9O18S. The number of aliphatic carboxylic acids is 4. The minimum Gasteiger partial charge on any atom is -0.480 e. The highest BCUT2D eigenvalue weighted by atomic mass is 32.2. The molecule has 2 heterocycles. The third-order valence-corrected chi connectivity index (χ3v) is 13.5. The molecule has 0 spiro atoms. The zero-order valence-corrected chi connectivity index (χ0v) is 46.1. The Balaban J connectivity index is 1.30. The van der Waals surface area contributed by atoms with Crippen molar-refractivity contribution in [3.63, 3.8) is 0 Å². The Hall–Kier alpha value is -5.69. The number of carbonyl (C=O) groups excluding carboxylic acids is 6. The Morgan fingerprint density at radius 3 is 1.77 bits per heavy atom. The number of carboxylic acid groups (broad SMARTS) is 4. The van der Waals surface area contributed by atoms with Gasteiger partial charge < -0.3 is 55.7 Å². The van der Waals surface area contributed by atoms with Gasteiger partial charge in [-0.3, -0.25) is 73.0 Å². The molecule has 2 saturated heterocycles. The topological polar surface area (TPSA) is 364 Å². The van der Waals surface area contributed by atoms with Crippen molar-refractivity contribution >= 4 is 71.0 Å². The quantitative estimate of drug-likeness (QED) is 0.0198. The average Bonchev–Trinajstić information content (AvgIpc) is 3.65. The van der Waals surface area contributed by atoms with Crippen molar-refractivity contribution in [3.05, 3.63) is 35.4 Å². The van der Waals surface area contributed by atoms with Gasteiger partial charge in [0.2, 0.25) is 23.6 Å². The molecular weight excluding hydrogens is 1060 g/mol. The molecule has 1 aromatic rings. The zero-order chi connectivity index (χ0) is 58.1. The Bertz CT molecular complexity index is 2110. The van der Waals surface area contributed by atoms with E-state index in [4.69, 9.17) is 14.2 Å². The maximum Gasteiger partial charge on any atom is 0.326 e. The molecule has 2 unspecified atom stereocenters. The molecule has 28 heteroatoms. The standard InChI is InChI=1S/C51H81N9O18S/c1-36-28-45(65)60(50(36)73)13-4-3-8-40(51(74)75)54-42(62)10-9-41(61)39(11-27-79-2)55-49(72)38-7-5-6-37(29-38)30-53-44(64)35-78-26-25-77-24-23-76-22-12-52-43(63)31-56-14-16-57(32-46(66)67)18-20-59(34-48(70)71)21-19-58(17-15-56)33-47(68)69/h5-7,29,36,39-40,44,53,64H,3-4,8-28,30-35H2,1-2H3,(H,52,63)(H,54,62)(H,55,72)(H,66,67)(H,68,69)(H,70,71)(H,74,75)/t36?,39-,40-,44?/m0/s1. The molecule has 2 fully saturated rings. The Labute approximate surface area is 464 Å². The number of unbranched alkanes of at least 4 members (excludes halogenated alkanes) is 1. The lowest BCUT2D eigenvalue weighted by Gasteiger charge is -2.32. The van der Waals surface area contributed by atoms with Crippen LogP contribution in [-0.4, -0.2) is 271 Å². The summed E-state index contributed by atoms with van der Waals surface area (Å²) in [5, 5.41) is 59.3. The van der Waals surface area contributed by atoms with Crippen LogP contribution in [0.2, 0.25) is 0 Å². The Morgan fingerprint density at radius 1 is 0.684 bits per heavy atom. The van der Waals surface area contributed by atoms with Crippen molar-refractivity contribution in [2.45, 2.75) is 76.7 Å². The summed E-state index contributed by atoms with van der Waals surface area (Å²) in [4.78, 5) is 131. The molecule has 0 saturated carbocycles. The van der Waals surface area contributed by atoms with E-state index in [1.54, 1.807) is 45.9 Å². The highest BCUT2D eigenvalue weighted by Gasteiger charge is 2.35. The molecule has 0 aliphatic carbocycles. The van der Waals surface area contributed by atoms with Crippen LogP contribution in [0.15, 0.2) is 24.3 Å². The second-order valence-corrected chi connectivity index (χ2v) is 20.2. The van der Waals surface area contributed by atoms with Crippen molar-refractivity contribution in [2.75, 3.05) is 143 Å². The molecule has 79 heavy (non-hydrogen) atoms. The van der Waals surface area contributed by atoms with Crippen molar-refractivity contribution in [1.82, 2.24) is 45.8 Å². The van der Waals surface area contributed by atoms with Gasteiger partial charge in [0.05, 0.1) is 71.9 Å². The fourth-order valence-electron chi connectivity index (χ4n) is 8.49. The van der Waals surface area contributed by atoms with E-state index in [9.17, 15) is 73.5 Å². The number of amides is 5. The summed E-state index contributed by atoms with van der Waals surface area (Å²) < 4.78 is 16.6. The Kier molecular flexibility index (Phi) is 32.5. The summed E-state index contributed by atoms with van der Waals surface area (Å²) in [6.45, 7) is 4.67. The number of nitrogens with one attached hydrogen (secondary N) is 4. The molecule has 444 valence electrons. The van der Waals surface area contributed by atoms with E-state index < -0.39 is 59.8 Å². The largest absolute Gasteiger partial charge is 0.480 e. The van der Waals surface area contributed by atoms with Gasteiger partial charge in [-0.25, -0.2) is 4.79 Å². The number of ether oxygens (including phenoxy) is 3. The van der Waals surface area contributed by atoms with Crippen LogP contribution >= 0.6 is 11.8 Å². The first-order chi connectivity index (χ1) is 37.7. The normalized spacial score (nSPS) is 17.5. The first-order valence-electron chi connectivity index (χ1n) is 26.5. The predicted molar refractivity (Wildman–Crippen MR) is 286 cm³/mol. The minimum absolute atomic E-state index is 0.0210. The highest BCUT2D eigenvalue weighted by molar-refractivity contribution is 7.98. The van der Waals surface area contributed by atoms with Crippen molar-refractivity contribution in [1.29, 1.82) is 0 Å². The average molecular weight is 1140 g/mol. The zero-order valence-electron chi connectivity index (χ0n) is 45.3. The molecule has 0 bridgehead atoms. The van der Waals surface area contributed by atoms with Crippen LogP contribution in [-0.2, 0) is 63.9 Å². The number of hydrogen-bond donors (Lipinski definition) is 9. The van der Waals surface area contributed by atoms with Gasteiger partial charge in [-0.2, -0.15) is 11.8 Å². The highest BCUT2D eigenvalue weighted by Crippen LogP contribution is 2.20. The second-order valence-electron chi connectivity index (χ2n) is 19.2. The SMILES string of the molecule is CSCC[C@H](NC(=O)c1cccc(CNC(O)COCCOCCOCCNC(=O)CN2CCN(CC(=O)O)CCN(CC(=O)O)CCN(CC(=O)O)CC2)c1)C(=O)CCC(=O)N[C@@H](CCCCN1C(=O)CC(C)C1=O)C(=O)O. The van der Waals surface area contributed by atoms with Gasteiger partial charge in [-0.05, 0) is 55.4 Å². The fourth-order valence-corrected chi connectivity index (χ4v) is 8.96. The van der Waals surface area contributed by atoms with Crippen LogP contribution < -0.4 is 21.3 Å². The summed E-state index contributed by atoms with van der Waals surface area (Å²) in [5.74, 6) is -6.57. The number of likely N-dealkylation sites (tertiary alicyclic amines) is 1. The van der Waals surface area contributed by atoms with Gasteiger partial charge in [-0.1, -0.05) is 19.1 Å². The van der Waals surface area contributed by atoms with Crippen LogP contribution in [0.4, 0.5) is 0 Å². The molecule has 5 amide bonds.